The molecule has 0 aliphatic carbocycles. The number of benzene rings is 2. The predicted molar refractivity (Wildman–Crippen MR) is 88.2 cm³/mol. The Balaban J connectivity index is 2.27. The quantitative estimate of drug-likeness (QED) is 0.689. The highest BCUT2D eigenvalue weighted by molar-refractivity contribution is 6.01. The minimum atomic E-state index is -0.646. The first kappa shape index (κ1) is 17.2. The Morgan fingerprint density at radius 1 is 0.958 bits per heavy atom. The molecule has 24 heavy (non-hydrogen) atoms. The van der Waals surface area contributed by atoms with E-state index in [-0.39, 0.29) is 22.9 Å². The molecule has 2 aromatic rings. The predicted octanol–water partition coefficient (Wildman–Crippen LogP) is 2.96. The topological polar surface area (TPSA) is 81.7 Å². The molecule has 0 spiro atoms. The van der Waals surface area contributed by atoms with Gasteiger partial charge in [0.05, 0.1) is 23.9 Å². The average molecular weight is 327 g/mol. The normalized spacial score (nSPS) is 9.96. The average Bonchev–Trinajstić information content (AvgIpc) is 2.55. The van der Waals surface area contributed by atoms with E-state index in [0.717, 1.165) is 5.56 Å². The Labute approximate surface area is 139 Å². The molecule has 2 aromatic carbocycles. The van der Waals surface area contributed by atoms with Gasteiger partial charge in [-0.3, -0.25) is 4.79 Å². The maximum atomic E-state index is 12.1. The third-order valence-electron chi connectivity index (χ3n) is 3.20. The molecule has 6 nitrogen and oxygen atoms in total. The Morgan fingerprint density at radius 2 is 1.62 bits per heavy atom. The number of carbonyl (C=O) groups excluding carboxylic acids is 3. The number of aryl methyl sites for hydroxylation is 1. The highest BCUT2D eigenvalue weighted by Gasteiger charge is 2.16. The van der Waals surface area contributed by atoms with Crippen LogP contribution in [0.2, 0.25) is 0 Å². The lowest BCUT2D eigenvalue weighted by Crippen LogP contribution is -2.13. The molecule has 0 radical (unpaired) electrons. The molecule has 1 amide bonds. The van der Waals surface area contributed by atoms with Crippen LogP contribution in [0.1, 0.15) is 33.2 Å². The van der Waals surface area contributed by atoms with Crippen molar-refractivity contribution in [3.05, 3.63) is 59.2 Å². The molecule has 124 valence electrons. The minimum Gasteiger partial charge on any atom is -0.465 e. The van der Waals surface area contributed by atoms with Crippen molar-refractivity contribution in [3.63, 3.8) is 0 Å². The zero-order valence-electron chi connectivity index (χ0n) is 13.6. The molecule has 0 unspecified atom stereocenters. The van der Waals surface area contributed by atoms with Gasteiger partial charge in [-0.1, -0.05) is 17.7 Å². The van der Waals surface area contributed by atoms with Gasteiger partial charge in [0.15, 0.2) is 0 Å². The van der Waals surface area contributed by atoms with E-state index >= 15 is 0 Å². The van der Waals surface area contributed by atoms with Crippen LogP contribution in [0.4, 0.5) is 5.69 Å². The number of nitrogens with one attached hydrogen (secondary N) is 1. The van der Waals surface area contributed by atoms with Crippen molar-refractivity contribution >= 4 is 23.5 Å². The lowest BCUT2D eigenvalue weighted by molar-refractivity contribution is -0.114. The standard InChI is InChI=1S/C18H17NO5/c1-11-4-6-13(7-5-11)17(21)24-14-8-9-16(19-12(2)20)15(10-14)18(22)23-3/h4-10H,1-3H3,(H,19,20). The summed E-state index contributed by atoms with van der Waals surface area (Å²) in [5.41, 5.74) is 1.80. The molecular formula is C18H17NO5. The Hall–Kier alpha value is -3.15. The summed E-state index contributed by atoms with van der Waals surface area (Å²) in [7, 11) is 1.23. The second-order valence-corrected chi connectivity index (χ2v) is 5.14. The SMILES string of the molecule is COC(=O)c1cc(OC(=O)c2ccc(C)cc2)ccc1NC(C)=O. The number of methoxy groups -OCH3 is 1. The van der Waals surface area contributed by atoms with E-state index in [1.54, 1.807) is 24.3 Å². The van der Waals surface area contributed by atoms with Gasteiger partial charge in [-0.05, 0) is 37.3 Å². The van der Waals surface area contributed by atoms with Crippen LogP contribution in [0.15, 0.2) is 42.5 Å². The van der Waals surface area contributed by atoms with E-state index in [9.17, 15) is 14.4 Å². The molecule has 1 N–H and O–H groups in total. The minimum absolute atomic E-state index is 0.0990. The maximum Gasteiger partial charge on any atom is 0.343 e. The van der Waals surface area contributed by atoms with Crippen LogP contribution in [0.3, 0.4) is 0 Å². The van der Waals surface area contributed by atoms with Crippen molar-refractivity contribution in [2.24, 2.45) is 0 Å². The highest BCUT2D eigenvalue weighted by Crippen LogP contribution is 2.24. The molecule has 0 fully saturated rings. The Kier molecular flexibility index (Phi) is 5.31. The molecule has 0 heterocycles. The molecule has 0 saturated carbocycles. The second-order valence-electron chi connectivity index (χ2n) is 5.14. The van der Waals surface area contributed by atoms with Crippen molar-refractivity contribution in [3.8, 4) is 5.75 Å². The van der Waals surface area contributed by atoms with E-state index in [0.29, 0.717) is 5.56 Å². The molecule has 0 aliphatic heterocycles. The second kappa shape index (κ2) is 7.41. The number of carbonyl (C=O) groups is 3. The number of anilines is 1. The highest BCUT2D eigenvalue weighted by atomic mass is 16.5. The summed E-state index contributed by atoms with van der Waals surface area (Å²) in [5.74, 6) is -1.34. The zero-order valence-corrected chi connectivity index (χ0v) is 13.6. The van der Waals surface area contributed by atoms with Gasteiger partial charge >= 0.3 is 11.9 Å². The lowest BCUT2D eigenvalue weighted by atomic mass is 10.1. The van der Waals surface area contributed by atoms with Gasteiger partial charge in [-0.25, -0.2) is 9.59 Å². The summed E-state index contributed by atoms with van der Waals surface area (Å²) >= 11 is 0. The monoisotopic (exact) mass is 327 g/mol. The van der Waals surface area contributed by atoms with Crippen molar-refractivity contribution in [1.82, 2.24) is 0 Å². The van der Waals surface area contributed by atoms with E-state index in [1.165, 1.54) is 32.2 Å². The van der Waals surface area contributed by atoms with Crippen LogP contribution in [-0.4, -0.2) is 25.0 Å². The smallest absolute Gasteiger partial charge is 0.343 e. The summed E-state index contributed by atoms with van der Waals surface area (Å²) in [6.07, 6.45) is 0. The number of hydrogen-bond acceptors (Lipinski definition) is 5. The molecule has 6 heteroatoms. The van der Waals surface area contributed by atoms with Gasteiger partial charge in [0.1, 0.15) is 5.75 Å². The first-order chi connectivity index (χ1) is 11.4. The molecule has 0 aromatic heterocycles. The fourth-order valence-corrected chi connectivity index (χ4v) is 2.02. The molecule has 0 bridgehead atoms. The summed E-state index contributed by atoms with van der Waals surface area (Å²) in [5, 5.41) is 2.53. The van der Waals surface area contributed by atoms with Crippen LogP contribution >= 0.6 is 0 Å². The first-order valence-corrected chi connectivity index (χ1v) is 7.19. The van der Waals surface area contributed by atoms with E-state index < -0.39 is 11.9 Å². The summed E-state index contributed by atoms with van der Waals surface area (Å²) in [4.78, 5) is 35.2. The van der Waals surface area contributed by atoms with Crippen LogP contribution < -0.4 is 10.1 Å². The molecule has 0 aliphatic rings. The summed E-state index contributed by atoms with van der Waals surface area (Å²) < 4.78 is 9.96. The van der Waals surface area contributed by atoms with Crippen molar-refractivity contribution in [1.29, 1.82) is 0 Å². The number of esters is 2. The summed E-state index contributed by atoms with van der Waals surface area (Å²) in [6, 6.07) is 11.2. The van der Waals surface area contributed by atoms with E-state index in [4.69, 9.17) is 4.74 Å². The Bertz CT molecular complexity index is 780. The van der Waals surface area contributed by atoms with E-state index in [1.807, 2.05) is 6.92 Å². The zero-order chi connectivity index (χ0) is 17.7. The molecular weight excluding hydrogens is 310 g/mol. The van der Waals surface area contributed by atoms with Gasteiger partial charge in [0, 0.05) is 6.92 Å². The van der Waals surface area contributed by atoms with Gasteiger partial charge in [-0.2, -0.15) is 0 Å². The van der Waals surface area contributed by atoms with Crippen LogP contribution in [-0.2, 0) is 9.53 Å². The third-order valence-corrected chi connectivity index (χ3v) is 3.20. The van der Waals surface area contributed by atoms with Gasteiger partial charge < -0.3 is 14.8 Å². The van der Waals surface area contributed by atoms with Gasteiger partial charge in [0.2, 0.25) is 5.91 Å². The fourth-order valence-electron chi connectivity index (χ4n) is 2.02. The molecule has 2 rings (SSSR count). The number of amides is 1. The van der Waals surface area contributed by atoms with Gasteiger partial charge in [-0.15, -0.1) is 0 Å². The molecule has 0 atom stereocenters. The maximum absolute atomic E-state index is 12.1. The van der Waals surface area contributed by atoms with Crippen LogP contribution in [0.25, 0.3) is 0 Å². The molecule has 0 saturated heterocycles. The number of ether oxygens (including phenoxy) is 2. The van der Waals surface area contributed by atoms with E-state index in [2.05, 4.69) is 10.1 Å². The van der Waals surface area contributed by atoms with Crippen LogP contribution in [0.5, 0.6) is 5.75 Å². The Morgan fingerprint density at radius 3 is 2.21 bits per heavy atom. The number of hydrogen-bond donors (Lipinski definition) is 1. The fraction of sp³-hybridized carbons (Fsp3) is 0.167. The van der Waals surface area contributed by atoms with Crippen molar-refractivity contribution in [2.45, 2.75) is 13.8 Å². The first-order valence-electron chi connectivity index (χ1n) is 7.19. The van der Waals surface area contributed by atoms with Crippen molar-refractivity contribution < 1.29 is 23.9 Å². The summed E-state index contributed by atoms with van der Waals surface area (Å²) in [6.45, 7) is 3.24. The third kappa shape index (κ3) is 4.19. The largest absolute Gasteiger partial charge is 0.465 e. The number of rotatable bonds is 4. The lowest BCUT2D eigenvalue weighted by Gasteiger charge is -2.11. The van der Waals surface area contributed by atoms with Gasteiger partial charge in [0.25, 0.3) is 0 Å². The van der Waals surface area contributed by atoms with Crippen molar-refractivity contribution in [2.75, 3.05) is 12.4 Å². The van der Waals surface area contributed by atoms with Crippen LogP contribution in [0, 0.1) is 6.92 Å².